The molecule has 2 heterocycles. The number of carbonyl (C=O) groups is 2. The average Bonchev–Trinajstić information content (AvgIpc) is 3.14. The number of rotatable bonds is 7. The number of benzene rings is 2. The number of fused-ring (bicyclic) bond motifs is 1. The largest absolute Gasteiger partial charge is 0.497 e. The Hall–Kier alpha value is -3.36. The smallest absolute Gasteiger partial charge is 0.238 e. The van der Waals surface area contributed by atoms with Crippen molar-refractivity contribution in [3.05, 3.63) is 54.3 Å². The van der Waals surface area contributed by atoms with Gasteiger partial charge in [-0.15, -0.1) is 0 Å². The second-order valence-electron chi connectivity index (χ2n) is 8.31. The molecule has 1 aliphatic rings. The fraction of sp³-hybridized carbons (Fsp3) is 0.360. The van der Waals surface area contributed by atoms with Crippen LogP contribution in [0.25, 0.3) is 11.0 Å². The Labute approximate surface area is 192 Å². The van der Waals surface area contributed by atoms with Gasteiger partial charge < -0.3 is 24.5 Å². The lowest BCUT2D eigenvalue weighted by atomic mass is 9.99. The van der Waals surface area contributed by atoms with Crippen molar-refractivity contribution in [2.45, 2.75) is 13.3 Å². The standard InChI is InChI=1S/C25H29N3O5/c1-17(29)26-22-6-5-21(31-2)13-23(22)27-25(30)15-28-8-10-32-16-19(14-28)11-18-3-4-20-7-9-33-24(20)12-18/h3-7,9,12-13,19H,8,10-11,14-16H2,1-2H3,(H,26,29)(H,27,30)/t19-/m0/s1. The normalized spacial score (nSPS) is 16.8. The number of nitrogens with zero attached hydrogens (tertiary/aromatic N) is 1. The van der Waals surface area contributed by atoms with Crippen LogP contribution in [0.3, 0.4) is 0 Å². The van der Waals surface area contributed by atoms with E-state index in [2.05, 4.69) is 33.7 Å². The van der Waals surface area contributed by atoms with Gasteiger partial charge >= 0.3 is 0 Å². The molecule has 4 rings (SSSR count). The van der Waals surface area contributed by atoms with Crippen molar-refractivity contribution < 1.29 is 23.5 Å². The maximum Gasteiger partial charge on any atom is 0.238 e. The third-order valence-electron chi connectivity index (χ3n) is 5.65. The minimum atomic E-state index is -0.212. The lowest BCUT2D eigenvalue weighted by molar-refractivity contribution is -0.117. The Bertz CT molecular complexity index is 1130. The molecular formula is C25H29N3O5. The third kappa shape index (κ3) is 6.12. The predicted octanol–water partition coefficient (Wildman–Crippen LogP) is 3.53. The Kier molecular flexibility index (Phi) is 7.26. The van der Waals surface area contributed by atoms with Gasteiger partial charge in [-0.1, -0.05) is 12.1 Å². The highest BCUT2D eigenvalue weighted by molar-refractivity contribution is 5.99. The summed E-state index contributed by atoms with van der Waals surface area (Å²) in [7, 11) is 1.56. The molecule has 0 spiro atoms. The summed E-state index contributed by atoms with van der Waals surface area (Å²) in [5.74, 6) is 0.485. The van der Waals surface area contributed by atoms with E-state index in [4.69, 9.17) is 13.9 Å². The van der Waals surface area contributed by atoms with Crippen molar-refractivity contribution >= 4 is 34.2 Å². The highest BCUT2D eigenvalue weighted by Crippen LogP contribution is 2.27. The first-order valence-electron chi connectivity index (χ1n) is 11.0. The number of carbonyl (C=O) groups excluding carboxylic acids is 2. The summed E-state index contributed by atoms with van der Waals surface area (Å²) in [5, 5.41) is 6.74. The molecule has 2 aromatic carbocycles. The summed E-state index contributed by atoms with van der Waals surface area (Å²) in [6.07, 6.45) is 2.54. The molecule has 1 fully saturated rings. The molecule has 2 N–H and O–H groups in total. The van der Waals surface area contributed by atoms with Gasteiger partial charge in [0.15, 0.2) is 0 Å². The fourth-order valence-corrected chi connectivity index (χ4v) is 4.12. The molecule has 1 aromatic heterocycles. The SMILES string of the molecule is COc1ccc(NC(C)=O)c(NC(=O)CN2CCOC[C@@H](Cc3ccc4ccoc4c3)C2)c1. The lowest BCUT2D eigenvalue weighted by Gasteiger charge is -2.23. The van der Waals surface area contributed by atoms with Crippen LogP contribution in [-0.2, 0) is 20.7 Å². The summed E-state index contributed by atoms with van der Waals surface area (Å²) in [5.41, 5.74) is 3.10. The van der Waals surface area contributed by atoms with E-state index < -0.39 is 0 Å². The zero-order valence-electron chi connectivity index (χ0n) is 18.9. The summed E-state index contributed by atoms with van der Waals surface area (Å²) < 4.78 is 16.6. The van der Waals surface area contributed by atoms with Gasteiger partial charge in [0.05, 0.1) is 44.5 Å². The molecule has 0 saturated carbocycles. The Morgan fingerprint density at radius 1 is 1.12 bits per heavy atom. The zero-order chi connectivity index (χ0) is 23.2. The highest BCUT2D eigenvalue weighted by Gasteiger charge is 2.22. The predicted molar refractivity (Wildman–Crippen MR) is 127 cm³/mol. The van der Waals surface area contributed by atoms with Gasteiger partial charge in [-0.25, -0.2) is 0 Å². The van der Waals surface area contributed by atoms with E-state index in [1.54, 1.807) is 31.6 Å². The second-order valence-corrected chi connectivity index (χ2v) is 8.31. The fourth-order valence-electron chi connectivity index (χ4n) is 4.12. The number of methoxy groups -OCH3 is 1. The van der Waals surface area contributed by atoms with Gasteiger partial charge in [0.2, 0.25) is 11.8 Å². The van der Waals surface area contributed by atoms with Crippen molar-refractivity contribution in [3.8, 4) is 5.75 Å². The van der Waals surface area contributed by atoms with Crippen LogP contribution in [0.4, 0.5) is 11.4 Å². The zero-order valence-corrected chi connectivity index (χ0v) is 18.9. The van der Waals surface area contributed by atoms with Crippen molar-refractivity contribution in [3.63, 3.8) is 0 Å². The summed E-state index contributed by atoms with van der Waals surface area (Å²) in [4.78, 5) is 26.5. The van der Waals surface area contributed by atoms with E-state index >= 15 is 0 Å². The molecule has 33 heavy (non-hydrogen) atoms. The van der Waals surface area contributed by atoms with E-state index in [0.717, 1.165) is 23.9 Å². The molecule has 3 aromatic rings. The Balaban J connectivity index is 1.39. The molecule has 1 saturated heterocycles. The molecule has 0 radical (unpaired) electrons. The first-order chi connectivity index (χ1) is 16.0. The van der Waals surface area contributed by atoms with Crippen molar-refractivity contribution in [2.75, 3.05) is 50.6 Å². The molecule has 0 bridgehead atoms. The van der Waals surface area contributed by atoms with Gasteiger partial charge in [0, 0.05) is 31.5 Å². The number of ether oxygens (including phenoxy) is 2. The molecular weight excluding hydrogens is 422 g/mol. The van der Waals surface area contributed by atoms with E-state index in [1.165, 1.54) is 12.5 Å². The maximum atomic E-state index is 12.9. The van der Waals surface area contributed by atoms with Crippen LogP contribution >= 0.6 is 0 Å². The maximum absolute atomic E-state index is 12.9. The number of hydrogen-bond acceptors (Lipinski definition) is 6. The van der Waals surface area contributed by atoms with Gasteiger partial charge in [-0.3, -0.25) is 14.5 Å². The number of furan rings is 1. The van der Waals surface area contributed by atoms with Crippen molar-refractivity contribution in [2.24, 2.45) is 5.92 Å². The van der Waals surface area contributed by atoms with Crippen molar-refractivity contribution in [1.82, 2.24) is 4.90 Å². The van der Waals surface area contributed by atoms with Crippen LogP contribution in [0, 0.1) is 5.92 Å². The van der Waals surface area contributed by atoms with E-state index in [1.807, 2.05) is 6.07 Å². The molecule has 8 heteroatoms. The number of amides is 2. The van der Waals surface area contributed by atoms with Crippen LogP contribution in [0.5, 0.6) is 5.75 Å². The van der Waals surface area contributed by atoms with Crippen molar-refractivity contribution in [1.29, 1.82) is 0 Å². The number of hydrogen-bond donors (Lipinski definition) is 2. The van der Waals surface area contributed by atoms with Crippen LogP contribution < -0.4 is 15.4 Å². The first-order valence-corrected chi connectivity index (χ1v) is 11.0. The van der Waals surface area contributed by atoms with E-state index in [9.17, 15) is 9.59 Å². The van der Waals surface area contributed by atoms with Gasteiger partial charge in [-0.2, -0.15) is 0 Å². The van der Waals surface area contributed by atoms with E-state index in [0.29, 0.717) is 36.9 Å². The van der Waals surface area contributed by atoms with Crippen LogP contribution in [-0.4, -0.2) is 56.7 Å². The summed E-state index contributed by atoms with van der Waals surface area (Å²) in [6, 6.07) is 13.4. The summed E-state index contributed by atoms with van der Waals surface area (Å²) >= 11 is 0. The molecule has 1 atom stereocenters. The quantitative estimate of drug-likeness (QED) is 0.571. The average molecular weight is 452 g/mol. The molecule has 8 nitrogen and oxygen atoms in total. The monoisotopic (exact) mass is 451 g/mol. The third-order valence-corrected chi connectivity index (χ3v) is 5.65. The van der Waals surface area contributed by atoms with Crippen LogP contribution in [0.2, 0.25) is 0 Å². The number of anilines is 2. The summed E-state index contributed by atoms with van der Waals surface area (Å²) in [6.45, 7) is 4.32. The van der Waals surface area contributed by atoms with Gasteiger partial charge in [-0.05, 0) is 42.2 Å². The van der Waals surface area contributed by atoms with Crippen LogP contribution in [0.1, 0.15) is 12.5 Å². The molecule has 2 amide bonds. The molecule has 0 unspecified atom stereocenters. The molecule has 174 valence electrons. The van der Waals surface area contributed by atoms with E-state index in [-0.39, 0.29) is 24.3 Å². The van der Waals surface area contributed by atoms with Gasteiger partial charge in [0.25, 0.3) is 0 Å². The number of nitrogens with one attached hydrogen (secondary N) is 2. The molecule has 0 aliphatic carbocycles. The lowest BCUT2D eigenvalue weighted by Crippen LogP contribution is -2.37. The first kappa shape index (κ1) is 22.8. The minimum absolute atomic E-state index is 0.160. The topological polar surface area (TPSA) is 93.0 Å². The van der Waals surface area contributed by atoms with Gasteiger partial charge in [0.1, 0.15) is 11.3 Å². The minimum Gasteiger partial charge on any atom is -0.497 e. The second kappa shape index (κ2) is 10.5. The Morgan fingerprint density at radius 2 is 2.00 bits per heavy atom. The highest BCUT2D eigenvalue weighted by atomic mass is 16.5. The van der Waals surface area contributed by atoms with Crippen LogP contribution in [0.15, 0.2) is 53.1 Å². The molecule has 1 aliphatic heterocycles. The Morgan fingerprint density at radius 3 is 2.82 bits per heavy atom.